The fourth-order valence-electron chi connectivity index (χ4n) is 4.64. The average molecular weight is 375 g/mol. The Balaban J connectivity index is 1.61. The molecule has 0 unspecified atom stereocenters. The standard InChI is InChI=1S/C21H21N5O2/c1-12(27)25-8-13-4-16(10-25)19-6-15(7-20(28)26(19)9-13)14-2-3-18-17(5-14)21(22)24-11-23-18/h2-3,5-7,11,13,16H,4,8-10H2,1H3,(H2,22,23,24)/t13-,16+/m0/s1. The summed E-state index contributed by atoms with van der Waals surface area (Å²) >= 11 is 0. The predicted octanol–water partition coefficient (Wildman–Crippen LogP) is 2.01. The van der Waals surface area contributed by atoms with Gasteiger partial charge in [-0.05, 0) is 41.7 Å². The number of carbonyl (C=O) groups excluding carboxylic acids is 1. The van der Waals surface area contributed by atoms with Crippen LogP contribution >= 0.6 is 0 Å². The molecule has 2 aromatic heterocycles. The molecule has 142 valence electrons. The second kappa shape index (κ2) is 6.15. The Bertz CT molecular complexity index is 1170. The molecule has 2 atom stereocenters. The first-order valence-electron chi connectivity index (χ1n) is 9.50. The van der Waals surface area contributed by atoms with Crippen molar-refractivity contribution < 1.29 is 4.79 Å². The van der Waals surface area contributed by atoms with Crippen LogP contribution in [0.5, 0.6) is 0 Å². The monoisotopic (exact) mass is 375 g/mol. The van der Waals surface area contributed by atoms with E-state index in [-0.39, 0.29) is 17.4 Å². The Morgan fingerprint density at radius 3 is 2.79 bits per heavy atom. The number of amides is 1. The molecule has 1 fully saturated rings. The first-order chi connectivity index (χ1) is 13.5. The molecule has 2 aliphatic heterocycles. The molecule has 2 N–H and O–H groups in total. The first-order valence-corrected chi connectivity index (χ1v) is 9.50. The van der Waals surface area contributed by atoms with Gasteiger partial charge in [0.2, 0.25) is 5.91 Å². The van der Waals surface area contributed by atoms with Crippen molar-refractivity contribution in [3.8, 4) is 11.1 Å². The lowest BCUT2D eigenvalue weighted by Crippen LogP contribution is -2.48. The van der Waals surface area contributed by atoms with E-state index in [1.54, 1.807) is 13.0 Å². The van der Waals surface area contributed by atoms with Gasteiger partial charge in [0.05, 0.1) is 5.52 Å². The molecule has 1 amide bonds. The maximum absolute atomic E-state index is 12.9. The Morgan fingerprint density at radius 2 is 1.96 bits per heavy atom. The van der Waals surface area contributed by atoms with Gasteiger partial charge in [0.15, 0.2) is 0 Å². The van der Waals surface area contributed by atoms with E-state index < -0.39 is 0 Å². The number of fused-ring (bicyclic) bond motifs is 5. The highest BCUT2D eigenvalue weighted by atomic mass is 16.2. The zero-order valence-electron chi connectivity index (χ0n) is 15.6. The van der Waals surface area contributed by atoms with Gasteiger partial charge in [0.25, 0.3) is 5.56 Å². The number of hydrogen-bond acceptors (Lipinski definition) is 5. The Kier molecular flexibility index (Phi) is 3.72. The average Bonchev–Trinajstić information content (AvgIpc) is 2.68. The third-order valence-corrected chi connectivity index (χ3v) is 6.00. The van der Waals surface area contributed by atoms with Gasteiger partial charge in [-0.2, -0.15) is 0 Å². The zero-order valence-corrected chi connectivity index (χ0v) is 15.6. The van der Waals surface area contributed by atoms with Crippen LogP contribution in [0.3, 0.4) is 0 Å². The molecule has 0 aliphatic carbocycles. The number of rotatable bonds is 1. The fraction of sp³-hybridized carbons (Fsp3) is 0.333. The molecular weight excluding hydrogens is 354 g/mol. The largest absolute Gasteiger partial charge is 0.383 e. The number of anilines is 1. The van der Waals surface area contributed by atoms with Gasteiger partial charge in [-0.15, -0.1) is 0 Å². The van der Waals surface area contributed by atoms with Crippen LogP contribution in [-0.4, -0.2) is 38.4 Å². The molecule has 0 spiro atoms. The fourth-order valence-corrected chi connectivity index (χ4v) is 4.64. The molecule has 4 heterocycles. The number of nitrogens with zero attached hydrogens (tertiary/aromatic N) is 4. The quantitative estimate of drug-likeness (QED) is 0.702. The van der Waals surface area contributed by atoms with Crippen LogP contribution in [-0.2, 0) is 11.3 Å². The van der Waals surface area contributed by atoms with Crippen molar-refractivity contribution in [2.45, 2.75) is 25.8 Å². The molecule has 2 aliphatic rings. The molecule has 28 heavy (non-hydrogen) atoms. The summed E-state index contributed by atoms with van der Waals surface area (Å²) in [7, 11) is 0. The minimum Gasteiger partial charge on any atom is -0.383 e. The van der Waals surface area contributed by atoms with Gasteiger partial charge < -0.3 is 15.2 Å². The van der Waals surface area contributed by atoms with E-state index in [4.69, 9.17) is 5.73 Å². The van der Waals surface area contributed by atoms with Gasteiger partial charge in [-0.25, -0.2) is 9.97 Å². The van der Waals surface area contributed by atoms with Crippen LogP contribution in [0, 0.1) is 5.92 Å². The summed E-state index contributed by atoms with van der Waals surface area (Å²) in [6.45, 7) is 3.70. The van der Waals surface area contributed by atoms with Crippen molar-refractivity contribution in [2.24, 2.45) is 5.92 Å². The second-order valence-corrected chi connectivity index (χ2v) is 7.83. The third-order valence-electron chi connectivity index (χ3n) is 6.00. The minimum absolute atomic E-state index is 0.0101. The summed E-state index contributed by atoms with van der Waals surface area (Å²) in [5.74, 6) is 1.06. The van der Waals surface area contributed by atoms with Gasteiger partial charge >= 0.3 is 0 Å². The van der Waals surface area contributed by atoms with E-state index in [1.807, 2.05) is 27.7 Å². The highest BCUT2D eigenvalue weighted by Gasteiger charge is 2.35. The number of nitrogens with two attached hydrogens (primary N) is 1. The maximum Gasteiger partial charge on any atom is 0.251 e. The Morgan fingerprint density at radius 1 is 1.11 bits per heavy atom. The lowest BCUT2D eigenvalue weighted by molar-refractivity contribution is -0.131. The van der Waals surface area contributed by atoms with Crippen molar-refractivity contribution in [3.63, 3.8) is 0 Å². The number of carbonyl (C=O) groups is 1. The summed E-state index contributed by atoms with van der Waals surface area (Å²) in [6.07, 6.45) is 2.47. The summed E-state index contributed by atoms with van der Waals surface area (Å²) in [6, 6.07) is 9.56. The van der Waals surface area contributed by atoms with Crippen LogP contribution < -0.4 is 11.3 Å². The number of piperidine rings is 1. The van der Waals surface area contributed by atoms with Gasteiger partial charge in [0, 0.05) is 49.6 Å². The van der Waals surface area contributed by atoms with Crippen LogP contribution in [0.1, 0.15) is 25.0 Å². The molecule has 1 aromatic carbocycles. The second-order valence-electron chi connectivity index (χ2n) is 7.83. The van der Waals surface area contributed by atoms with Crippen LogP contribution in [0.4, 0.5) is 5.82 Å². The molecule has 7 nitrogen and oxygen atoms in total. The number of pyridine rings is 1. The number of hydrogen-bond donors (Lipinski definition) is 1. The zero-order chi connectivity index (χ0) is 19.4. The van der Waals surface area contributed by atoms with Crippen molar-refractivity contribution in [1.82, 2.24) is 19.4 Å². The molecule has 2 bridgehead atoms. The summed E-state index contributed by atoms with van der Waals surface area (Å²) in [4.78, 5) is 35.0. The smallest absolute Gasteiger partial charge is 0.251 e. The van der Waals surface area contributed by atoms with Crippen molar-refractivity contribution in [2.75, 3.05) is 18.8 Å². The van der Waals surface area contributed by atoms with E-state index in [0.717, 1.165) is 40.7 Å². The van der Waals surface area contributed by atoms with E-state index in [2.05, 4.69) is 16.0 Å². The van der Waals surface area contributed by atoms with E-state index in [0.29, 0.717) is 24.8 Å². The number of aromatic nitrogens is 3. The Hall–Kier alpha value is -3.22. The molecule has 0 radical (unpaired) electrons. The summed E-state index contributed by atoms with van der Waals surface area (Å²) in [5, 5.41) is 0.776. The Labute approximate surface area is 161 Å². The lowest BCUT2D eigenvalue weighted by atomic mass is 9.82. The van der Waals surface area contributed by atoms with Crippen molar-refractivity contribution >= 4 is 22.6 Å². The van der Waals surface area contributed by atoms with Crippen molar-refractivity contribution in [3.05, 3.63) is 52.7 Å². The highest BCUT2D eigenvalue weighted by Crippen LogP contribution is 2.37. The van der Waals surface area contributed by atoms with E-state index in [1.165, 1.54) is 6.33 Å². The third kappa shape index (κ3) is 2.66. The molecule has 5 rings (SSSR count). The van der Waals surface area contributed by atoms with Crippen molar-refractivity contribution in [1.29, 1.82) is 0 Å². The number of likely N-dealkylation sites (tertiary alicyclic amines) is 1. The van der Waals surface area contributed by atoms with E-state index in [9.17, 15) is 9.59 Å². The molecule has 0 saturated carbocycles. The summed E-state index contributed by atoms with van der Waals surface area (Å²) in [5.41, 5.74) is 9.58. The molecule has 7 heteroatoms. The van der Waals surface area contributed by atoms with Gasteiger partial charge in [0.1, 0.15) is 12.1 Å². The highest BCUT2D eigenvalue weighted by molar-refractivity contribution is 5.91. The van der Waals surface area contributed by atoms with Crippen LogP contribution in [0.25, 0.3) is 22.0 Å². The molecule has 1 saturated heterocycles. The molecule has 3 aromatic rings. The van der Waals surface area contributed by atoms with Crippen LogP contribution in [0.2, 0.25) is 0 Å². The number of nitrogen functional groups attached to an aromatic ring is 1. The summed E-state index contributed by atoms with van der Waals surface area (Å²) < 4.78 is 1.89. The maximum atomic E-state index is 12.9. The lowest BCUT2D eigenvalue weighted by Gasteiger charge is -2.42. The van der Waals surface area contributed by atoms with E-state index >= 15 is 0 Å². The SMILES string of the molecule is CC(=O)N1C[C@@H]2C[C@H](C1)c1cc(-c3ccc4ncnc(N)c4c3)cc(=O)n1C2. The van der Waals surface area contributed by atoms with Crippen LogP contribution in [0.15, 0.2) is 41.5 Å². The predicted molar refractivity (Wildman–Crippen MR) is 107 cm³/mol. The topological polar surface area (TPSA) is 94.1 Å². The van der Waals surface area contributed by atoms with Gasteiger partial charge in [-0.3, -0.25) is 9.59 Å². The molecular formula is C21H21N5O2. The number of benzene rings is 1. The van der Waals surface area contributed by atoms with Gasteiger partial charge in [-0.1, -0.05) is 6.07 Å². The first kappa shape index (κ1) is 16.9. The minimum atomic E-state index is 0.0101. The normalized spacial score (nSPS) is 20.8.